The average molecular weight is 457 g/mol. The third kappa shape index (κ3) is 4.98. The van der Waals surface area contributed by atoms with Crippen LogP contribution in [-0.4, -0.2) is 34.7 Å². The van der Waals surface area contributed by atoms with Gasteiger partial charge in [-0.25, -0.2) is 9.78 Å². The highest BCUT2D eigenvalue weighted by molar-refractivity contribution is 6.30. The molecule has 3 rings (SSSR count). The first kappa shape index (κ1) is 23.4. The van der Waals surface area contributed by atoms with Crippen LogP contribution in [0.25, 0.3) is 11.1 Å². The minimum Gasteiger partial charge on any atom is -0.443 e. The molecule has 1 amide bonds. The second-order valence-electron chi connectivity index (χ2n) is 8.21. The van der Waals surface area contributed by atoms with Crippen molar-refractivity contribution in [1.82, 2.24) is 10.1 Å². The Hall–Kier alpha value is -3.23. The van der Waals surface area contributed by atoms with Gasteiger partial charge in [-0.1, -0.05) is 16.8 Å². The topological polar surface area (TPSA) is 112 Å². The van der Waals surface area contributed by atoms with Crippen molar-refractivity contribution < 1.29 is 18.8 Å². The van der Waals surface area contributed by atoms with E-state index < -0.39 is 11.7 Å². The van der Waals surface area contributed by atoms with Gasteiger partial charge in [0.2, 0.25) is 5.78 Å². The number of carbonyl (C=O) groups is 2. The number of nitrogens with zero attached hydrogens (tertiary/aromatic N) is 3. The Morgan fingerprint density at radius 2 is 1.81 bits per heavy atom. The van der Waals surface area contributed by atoms with Crippen molar-refractivity contribution in [2.24, 2.45) is 5.73 Å². The quantitative estimate of drug-likeness (QED) is 0.551. The van der Waals surface area contributed by atoms with E-state index in [0.717, 1.165) is 0 Å². The molecule has 0 radical (unpaired) electrons. The van der Waals surface area contributed by atoms with Crippen molar-refractivity contribution in [3.63, 3.8) is 0 Å². The molecule has 0 bridgehead atoms. The van der Waals surface area contributed by atoms with Crippen molar-refractivity contribution in [2.75, 3.05) is 11.9 Å². The van der Waals surface area contributed by atoms with Gasteiger partial charge in [0.1, 0.15) is 17.1 Å². The molecule has 0 spiro atoms. The summed E-state index contributed by atoms with van der Waals surface area (Å²) in [7, 11) is 1.53. The van der Waals surface area contributed by atoms with E-state index in [2.05, 4.69) is 10.1 Å². The van der Waals surface area contributed by atoms with Crippen LogP contribution >= 0.6 is 11.6 Å². The molecule has 0 unspecified atom stereocenters. The van der Waals surface area contributed by atoms with Crippen molar-refractivity contribution in [2.45, 2.75) is 39.8 Å². The van der Waals surface area contributed by atoms with E-state index in [4.69, 9.17) is 26.6 Å². The lowest BCUT2D eigenvalue weighted by molar-refractivity contribution is 0.0588. The van der Waals surface area contributed by atoms with Gasteiger partial charge in [-0.2, -0.15) is 0 Å². The predicted molar refractivity (Wildman–Crippen MR) is 122 cm³/mol. The molecule has 32 heavy (non-hydrogen) atoms. The number of ether oxygens (including phenoxy) is 1. The van der Waals surface area contributed by atoms with Crippen LogP contribution in [0, 0.1) is 6.92 Å². The predicted octanol–water partition coefficient (Wildman–Crippen LogP) is 4.76. The van der Waals surface area contributed by atoms with E-state index in [1.165, 1.54) is 11.9 Å². The van der Waals surface area contributed by atoms with Gasteiger partial charge in [0, 0.05) is 23.2 Å². The van der Waals surface area contributed by atoms with Gasteiger partial charge in [-0.3, -0.25) is 9.69 Å². The number of nitrogens with two attached hydrogens (primary N) is 1. The molecular formula is C23H25ClN4O4. The molecule has 0 aliphatic heterocycles. The summed E-state index contributed by atoms with van der Waals surface area (Å²) in [4.78, 5) is 31.7. The van der Waals surface area contributed by atoms with Gasteiger partial charge in [0.25, 0.3) is 0 Å². The molecule has 168 valence electrons. The van der Waals surface area contributed by atoms with Crippen molar-refractivity contribution in [3.05, 3.63) is 64.1 Å². The molecule has 0 aliphatic carbocycles. The Kier molecular flexibility index (Phi) is 6.66. The van der Waals surface area contributed by atoms with Crippen LogP contribution in [0.3, 0.4) is 0 Å². The van der Waals surface area contributed by atoms with Crippen LogP contribution in [0.15, 0.2) is 40.9 Å². The summed E-state index contributed by atoms with van der Waals surface area (Å²) in [5.41, 5.74) is 7.33. The zero-order chi connectivity index (χ0) is 23.6. The van der Waals surface area contributed by atoms with Gasteiger partial charge in [-0.05, 0) is 64.1 Å². The Morgan fingerprint density at radius 3 is 2.41 bits per heavy atom. The average Bonchev–Trinajstić information content (AvgIpc) is 3.12. The lowest BCUT2D eigenvalue weighted by Crippen LogP contribution is -2.34. The Morgan fingerprint density at radius 1 is 1.16 bits per heavy atom. The molecule has 2 aromatic heterocycles. The summed E-state index contributed by atoms with van der Waals surface area (Å²) >= 11 is 5.97. The second kappa shape index (κ2) is 9.10. The summed E-state index contributed by atoms with van der Waals surface area (Å²) in [5, 5.41) is 4.49. The maximum atomic E-state index is 13.4. The number of anilines is 1. The normalized spacial score (nSPS) is 11.3. The molecule has 0 saturated heterocycles. The van der Waals surface area contributed by atoms with Gasteiger partial charge in [0.15, 0.2) is 5.76 Å². The first-order valence-electron chi connectivity index (χ1n) is 9.95. The largest absolute Gasteiger partial charge is 0.443 e. The minimum absolute atomic E-state index is 0.101. The molecular weight excluding hydrogens is 432 g/mol. The number of amides is 1. The van der Waals surface area contributed by atoms with E-state index in [1.807, 2.05) is 0 Å². The Labute approximate surface area is 191 Å². The third-order valence-electron chi connectivity index (χ3n) is 4.60. The first-order valence-corrected chi connectivity index (χ1v) is 10.3. The number of halogens is 1. The number of benzene rings is 1. The molecule has 2 heterocycles. The van der Waals surface area contributed by atoms with Crippen molar-refractivity contribution in [3.8, 4) is 11.1 Å². The summed E-state index contributed by atoms with van der Waals surface area (Å²) in [6, 6.07) is 9.81. The lowest BCUT2D eigenvalue weighted by atomic mass is 9.97. The van der Waals surface area contributed by atoms with Gasteiger partial charge in [0.05, 0.1) is 17.8 Å². The number of carbonyl (C=O) groups excluding carboxylic acids is 2. The van der Waals surface area contributed by atoms with E-state index in [0.29, 0.717) is 33.2 Å². The van der Waals surface area contributed by atoms with E-state index >= 15 is 0 Å². The maximum Gasteiger partial charge on any atom is 0.415 e. The fraction of sp³-hybridized carbons (Fsp3) is 0.304. The SMILES string of the molecule is Cc1noc(CN)c1-c1ccc(N(C)C(=O)OC(C)(C)C)nc1C(=O)c1ccc(Cl)cc1. The molecule has 0 saturated carbocycles. The smallest absolute Gasteiger partial charge is 0.415 e. The molecule has 0 aliphatic rings. The van der Waals surface area contributed by atoms with E-state index in [1.54, 1.807) is 64.1 Å². The second-order valence-corrected chi connectivity index (χ2v) is 8.65. The molecule has 8 nitrogen and oxygen atoms in total. The summed E-state index contributed by atoms with van der Waals surface area (Å²) in [6.07, 6.45) is -0.591. The fourth-order valence-electron chi connectivity index (χ4n) is 3.07. The van der Waals surface area contributed by atoms with Gasteiger partial charge >= 0.3 is 6.09 Å². The number of hydrogen-bond donors (Lipinski definition) is 1. The Balaban J connectivity index is 2.14. The summed E-state index contributed by atoms with van der Waals surface area (Å²) in [6.45, 7) is 7.18. The van der Waals surface area contributed by atoms with Crippen LogP contribution in [0.1, 0.15) is 48.3 Å². The van der Waals surface area contributed by atoms with E-state index in [9.17, 15) is 9.59 Å². The van der Waals surface area contributed by atoms with Crippen molar-refractivity contribution >= 4 is 29.3 Å². The number of hydrogen-bond acceptors (Lipinski definition) is 7. The van der Waals surface area contributed by atoms with Crippen LogP contribution < -0.4 is 10.6 Å². The number of aryl methyl sites for hydroxylation is 1. The van der Waals surface area contributed by atoms with Gasteiger partial charge in [-0.15, -0.1) is 0 Å². The number of aromatic nitrogens is 2. The highest BCUT2D eigenvalue weighted by Crippen LogP contribution is 2.32. The number of pyridine rings is 1. The lowest BCUT2D eigenvalue weighted by Gasteiger charge is -2.24. The standard InChI is InChI=1S/C23H25ClN4O4/c1-13-19(17(12-25)32-27-13)16-10-11-18(28(5)22(30)31-23(2,3)4)26-20(16)21(29)14-6-8-15(24)9-7-14/h6-11H,12,25H2,1-5H3. The first-order chi connectivity index (χ1) is 15.0. The molecule has 1 aromatic carbocycles. The highest BCUT2D eigenvalue weighted by atomic mass is 35.5. The van der Waals surface area contributed by atoms with Crippen LogP contribution in [0.5, 0.6) is 0 Å². The molecule has 0 atom stereocenters. The molecule has 3 aromatic rings. The zero-order valence-corrected chi connectivity index (χ0v) is 19.4. The maximum absolute atomic E-state index is 13.4. The van der Waals surface area contributed by atoms with Gasteiger partial charge < -0.3 is 15.0 Å². The van der Waals surface area contributed by atoms with Crippen molar-refractivity contribution in [1.29, 1.82) is 0 Å². The fourth-order valence-corrected chi connectivity index (χ4v) is 3.20. The number of ketones is 1. The molecule has 0 fully saturated rings. The summed E-state index contributed by atoms with van der Waals surface area (Å²) < 4.78 is 10.7. The molecule has 2 N–H and O–H groups in total. The third-order valence-corrected chi connectivity index (χ3v) is 4.85. The highest BCUT2D eigenvalue weighted by Gasteiger charge is 2.26. The van der Waals surface area contributed by atoms with E-state index in [-0.39, 0.29) is 23.8 Å². The van der Waals surface area contributed by atoms with Crippen LogP contribution in [0.2, 0.25) is 5.02 Å². The van der Waals surface area contributed by atoms with Crippen LogP contribution in [0.4, 0.5) is 10.6 Å². The summed E-state index contributed by atoms with van der Waals surface area (Å²) in [5.74, 6) is 0.339. The molecule has 9 heteroatoms. The minimum atomic E-state index is -0.678. The Bertz CT molecular complexity index is 1150. The van der Waals surface area contributed by atoms with Crippen LogP contribution in [-0.2, 0) is 11.3 Å². The zero-order valence-electron chi connectivity index (χ0n) is 18.6. The number of rotatable bonds is 5. The monoisotopic (exact) mass is 456 g/mol.